The number of rotatable bonds is 45. The molecule has 0 spiro atoms. The van der Waals surface area contributed by atoms with Crippen LogP contribution < -0.4 is 10.2 Å². The smallest absolute Gasteiger partial charge is 0.268 e. The lowest BCUT2D eigenvalue weighted by Gasteiger charge is -2.30. The number of carbonyl (C=O) groups is 1. The van der Waals surface area contributed by atoms with Crippen molar-refractivity contribution in [2.45, 2.75) is 225 Å². The number of unbranched alkanes of at least 4 members (excludes halogenated alkanes) is 22. The average Bonchev–Trinajstić information content (AvgIpc) is 3.21. The normalized spacial score (nSPS) is 14.7. The lowest BCUT2D eigenvalue weighted by Crippen LogP contribution is -2.46. The van der Waals surface area contributed by atoms with Gasteiger partial charge in [-0.1, -0.05) is 209 Å². The molecule has 0 saturated heterocycles. The van der Waals surface area contributed by atoms with E-state index >= 15 is 0 Å². The van der Waals surface area contributed by atoms with Gasteiger partial charge < -0.3 is 28.8 Å². The number of hydrogen-bond acceptors (Lipinski definition) is 6. The van der Waals surface area contributed by atoms with Crippen molar-refractivity contribution in [3.63, 3.8) is 0 Å². The fraction of sp³-hybridized carbons (Fsp3) is 0.788. The van der Waals surface area contributed by atoms with Crippen molar-refractivity contribution in [3.05, 3.63) is 60.8 Å². The molecule has 0 aliphatic rings. The summed E-state index contributed by atoms with van der Waals surface area (Å²) in [5.74, 6) is -0.174. The summed E-state index contributed by atoms with van der Waals surface area (Å²) in [6, 6.07) is -0.796. The predicted molar refractivity (Wildman–Crippen MR) is 261 cm³/mol. The van der Waals surface area contributed by atoms with Crippen molar-refractivity contribution in [3.8, 4) is 0 Å². The van der Waals surface area contributed by atoms with Gasteiger partial charge in [-0.25, -0.2) is 0 Å². The van der Waals surface area contributed by atoms with E-state index < -0.39 is 20.0 Å². The summed E-state index contributed by atoms with van der Waals surface area (Å²) in [5, 5.41) is 13.6. The number of likely N-dealkylation sites (N-methyl/N-ethyl adjacent to an activating group) is 1. The molecule has 0 bridgehead atoms. The highest BCUT2D eigenvalue weighted by atomic mass is 31.2. The standard InChI is InChI=1S/C52H97N2O6P/c1-6-8-10-12-13-14-15-16-17-18-19-20-21-22-23-24-25-26-27-28-29-30-31-32-33-34-35-36-37-38-39-40-41-42-44-46-52(56)53-50(51(55)45-43-11-9-7-2)49-60-61(57,58)59-48-47-54(3,4)5/h8,10,13-14,16-17,19-20,22-23,50-51,55H,6-7,9,11-12,15,18,21,24-49H2,1-5H3,(H-,53,56,57,58)/b10-8-,14-13-,17-16-,20-19-,23-22-. The first-order valence-corrected chi connectivity index (χ1v) is 26.6. The van der Waals surface area contributed by atoms with Gasteiger partial charge in [0.25, 0.3) is 7.82 Å². The number of phosphoric acid groups is 1. The second-order valence-corrected chi connectivity index (χ2v) is 19.6. The van der Waals surface area contributed by atoms with Crippen LogP contribution >= 0.6 is 7.82 Å². The monoisotopic (exact) mass is 877 g/mol. The molecule has 9 heteroatoms. The van der Waals surface area contributed by atoms with Crippen LogP contribution in [0, 0.1) is 0 Å². The number of amides is 1. The van der Waals surface area contributed by atoms with Crippen LogP contribution in [0.5, 0.6) is 0 Å². The topological polar surface area (TPSA) is 108 Å². The number of nitrogens with zero attached hydrogens (tertiary/aromatic N) is 1. The number of aliphatic hydroxyl groups is 1. The Kier molecular flexibility index (Phi) is 42.2. The molecule has 0 saturated carbocycles. The van der Waals surface area contributed by atoms with E-state index in [1.807, 2.05) is 21.1 Å². The Morgan fingerprint density at radius 2 is 1.00 bits per heavy atom. The summed E-state index contributed by atoms with van der Waals surface area (Å²) < 4.78 is 23.0. The van der Waals surface area contributed by atoms with E-state index in [0.29, 0.717) is 23.9 Å². The number of allylic oxidation sites excluding steroid dienone is 10. The van der Waals surface area contributed by atoms with Gasteiger partial charge in [0.05, 0.1) is 39.9 Å². The Balaban J connectivity index is 3.75. The van der Waals surface area contributed by atoms with Crippen LogP contribution in [-0.2, 0) is 18.4 Å². The highest BCUT2D eigenvalue weighted by Gasteiger charge is 2.24. The highest BCUT2D eigenvalue weighted by Crippen LogP contribution is 2.38. The molecule has 0 radical (unpaired) electrons. The van der Waals surface area contributed by atoms with Gasteiger partial charge in [0.15, 0.2) is 0 Å². The lowest BCUT2D eigenvalue weighted by molar-refractivity contribution is -0.870. The molecule has 0 aromatic heterocycles. The van der Waals surface area contributed by atoms with Gasteiger partial charge >= 0.3 is 0 Å². The van der Waals surface area contributed by atoms with Gasteiger partial charge in [0.2, 0.25) is 5.91 Å². The minimum absolute atomic E-state index is 0.0106. The first-order chi connectivity index (χ1) is 29.5. The van der Waals surface area contributed by atoms with Crippen LogP contribution in [0.1, 0.15) is 213 Å². The Labute approximate surface area is 377 Å². The highest BCUT2D eigenvalue weighted by molar-refractivity contribution is 7.45. The van der Waals surface area contributed by atoms with Crippen molar-refractivity contribution in [1.29, 1.82) is 0 Å². The Morgan fingerprint density at radius 3 is 1.44 bits per heavy atom. The predicted octanol–water partition coefficient (Wildman–Crippen LogP) is 14.0. The molecular weight excluding hydrogens is 780 g/mol. The van der Waals surface area contributed by atoms with E-state index in [0.717, 1.165) is 77.0 Å². The number of quaternary nitrogens is 1. The van der Waals surface area contributed by atoms with E-state index in [1.54, 1.807) is 0 Å². The Morgan fingerprint density at radius 1 is 0.590 bits per heavy atom. The number of carbonyl (C=O) groups excluding carboxylic acids is 1. The maximum absolute atomic E-state index is 12.8. The zero-order chi connectivity index (χ0) is 45.0. The van der Waals surface area contributed by atoms with Gasteiger partial charge in [-0.15, -0.1) is 0 Å². The molecular formula is C52H97N2O6P. The third-order valence-corrected chi connectivity index (χ3v) is 12.0. The molecule has 0 aliphatic carbocycles. The van der Waals surface area contributed by atoms with Crippen LogP contribution in [0.15, 0.2) is 60.8 Å². The molecule has 0 fully saturated rings. The number of phosphoric ester groups is 1. The molecule has 2 N–H and O–H groups in total. The summed E-state index contributed by atoms with van der Waals surface area (Å²) in [7, 11) is 1.30. The van der Waals surface area contributed by atoms with Gasteiger partial charge in [-0.05, 0) is 57.8 Å². The van der Waals surface area contributed by atoms with Gasteiger partial charge in [-0.3, -0.25) is 9.36 Å². The molecule has 3 unspecified atom stereocenters. The van der Waals surface area contributed by atoms with E-state index in [9.17, 15) is 19.4 Å². The van der Waals surface area contributed by atoms with Crippen LogP contribution in [-0.4, -0.2) is 68.5 Å². The third-order valence-electron chi connectivity index (χ3n) is 11.0. The van der Waals surface area contributed by atoms with Gasteiger partial charge in [0.1, 0.15) is 13.2 Å². The van der Waals surface area contributed by atoms with E-state index in [1.165, 1.54) is 109 Å². The number of nitrogens with one attached hydrogen (secondary N) is 1. The van der Waals surface area contributed by atoms with Crippen molar-refractivity contribution in [2.24, 2.45) is 0 Å². The maximum Gasteiger partial charge on any atom is 0.268 e. The van der Waals surface area contributed by atoms with Crippen molar-refractivity contribution >= 4 is 13.7 Å². The van der Waals surface area contributed by atoms with Crippen molar-refractivity contribution in [2.75, 3.05) is 40.9 Å². The van der Waals surface area contributed by atoms with E-state index in [2.05, 4.69) is 79.9 Å². The fourth-order valence-electron chi connectivity index (χ4n) is 7.07. The van der Waals surface area contributed by atoms with Gasteiger partial charge in [-0.2, -0.15) is 0 Å². The van der Waals surface area contributed by atoms with Crippen LogP contribution in [0.25, 0.3) is 0 Å². The quantitative estimate of drug-likeness (QED) is 0.0273. The van der Waals surface area contributed by atoms with Crippen LogP contribution in [0.3, 0.4) is 0 Å². The number of hydrogen-bond donors (Lipinski definition) is 2. The molecule has 356 valence electrons. The zero-order valence-corrected chi connectivity index (χ0v) is 41.2. The molecule has 61 heavy (non-hydrogen) atoms. The summed E-state index contributed by atoms with van der Waals surface area (Å²) in [6.07, 6.45) is 57.6. The molecule has 0 rings (SSSR count). The molecule has 0 aromatic rings. The SMILES string of the molecule is CC/C=C\C/C=C\C/C=C\C/C=C\C/C=C\CCCCCCCCCCCCCCCCCCCCCC(=O)NC(COP(=O)([O-])OCC[N+](C)(C)C)C(O)CCCCCC. The average molecular weight is 877 g/mol. The van der Waals surface area contributed by atoms with Crippen molar-refractivity contribution < 1.29 is 32.9 Å². The number of aliphatic hydroxyl groups excluding tert-OH is 1. The van der Waals surface area contributed by atoms with E-state index in [-0.39, 0.29) is 19.1 Å². The first kappa shape index (κ1) is 59.2. The summed E-state index contributed by atoms with van der Waals surface area (Å²) >= 11 is 0. The van der Waals surface area contributed by atoms with Crippen LogP contribution in [0.2, 0.25) is 0 Å². The second kappa shape index (κ2) is 43.5. The minimum Gasteiger partial charge on any atom is -0.756 e. The Hall–Kier alpha value is -1.80. The summed E-state index contributed by atoms with van der Waals surface area (Å²) in [5.41, 5.74) is 0. The first-order valence-electron chi connectivity index (χ1n) is 25.1. The lowest BCUT2D eigenvalue weighted by atomic mass is 10.0. The largest absolute Gasteiger partial charge is 0.756 e. The molecule has 8 nitrogen and oxygen atoms in total. The zero-order valence-electron chi connectivity index (χ0n) is 40.4. The summed E-state index contributed by atoms with van der Waals surface area (Å²) in [6.45, 7) is 4.48. The van der Waals surface area contributed by atoms with Crippen molar-refractivity contribution in [1.82, 2.24) is 5.32 Å². The van der Waals surface area contributed by atoms with E-state index in [4.69, 9.17) is 9.05 Å². The fourth-order valence-corrected chi connectivity index (χ4v) is 7.79. The molecule has 0 aromatic carbocycles. The molecule has 3 atom stereocenters. The summed E-state index contributed by atoms with van der Waals surface area (Å²) in [4.78, 5) is 25.1. The molecule has 0 heterocycles. The second-order valence-electron chi connectivity index (χ2n) is 18.1. The minimum atomic E-state index is -4.55. The molecule has 1 amide bonds. The Bertz CT molecular complexity index is 1180. The van der Waals surface area contributed by atoms with Gasteiger partial charge in [0, 0.05) is 6.42 Å². The van der Waals surface area contributed by atoms with Crippen LogP contribution in [0.4, 0.5) is 0 Å². The maximum atomic E-state index is 12.8. The third kappa shape index (κ3) is 46.0. The molecule has 0 aliphatic heterocycles.